The smallest absolute Gasteiger partial charge is 0.373 e. The number of nitrogens with one attached hydrogen (secondary N) is 1. The van der Waals surface area contributed by atoms with Crippen molar-refractivity contribution < 1.29 is 13.9 Å². The number of carbonyl (C=O) groups excluding carboxylic acids is 1. The van der Waals surface area contributed by atoms with Crippen LogP contribution in [-0.4, -0.2) is 31.1 Å². The van der Waals surface area contributed by atoms with Crippen LogP contribution in [0, 0.1) is 0 Å². The maximum absolute atomic E-state index is 11.1. The topological polar surface area (TPSA) is 51.5 Å². The van der Waals surface area contributed by atoms with Gasteiger partial charge in [0.15, 0.2) is 0 Å². The molecule has 1 aromatic heterocycles. The fourth-order valence-electron chi connectivity index (χ4n) is 1.21. The Morgan fingerprint density at radius 1 is 1.65 bits per heavy atom. The highest BCUT2D eigenvalue weighted by atomic mass is 32.2. The van der Waals surface area contributed by atoms with Crippen molar-refractivity contribution >= 4 is 17.7 Å². The van der Waals surface area contributed by atoms with Gasteiger partial charge in [0.25, 0.3) is 0 Å². The molecule has 94 valence electrons. The second kappa shape index (κ2) is 7.97. The van der Waals surface area contributed by atoms with E-state index in [-0.39, 0.29) is 5.76 Å². The molecule has 0 aliphatic rings. The summed E-state index contributed by atoms with van der Waals surface area (Å²) in [4.78, 5) is 11.1. The summed E-state index contributed by atoms with van der Waals surface area (Å²) >= 11 is 1.82. The highest BCUT2D eigenvalue weighted by molar-refractivity contribution is 7.99. The van der Waals surface area contributed by atoms with E-state index in [9.17, 15) is 4.79 Å². The summed E-state index contributed by atoms with van der Waals surface area (Å²) in [7, 11) is 1.33. The number of furan rings is 1. The van der Waals surface area contributed by atoms with Crippen molar-refractivity contribution in [1.82, 2.24) is 5.32 Å². The molecule has 0 radical (unpaired) electrons. The van der Waals surface area contributed by atoms with Gasteiger partial charge in [-0.25, -0.2) is 4.79 Å². The Labute approximate surface area is 105 Å². The van der Waals surface area contributed by atoms with Gasteiger partial charge in [-0.2, -0.15) is 11.8 Å². The van der Waals surface area contributed by atoms with Crippen LogP contribution >= 0.6 is 11.8 Å². The summed E-state index contributed by atoms with van der Waals surface area (Å²) in [6, 6.07) is 3.39. The van der Waals surface area contributed by atoms with Crippen molar-refractivity contribution in [2.24, 2.45) is 0 Å². The number of carbonyl (C=O) groups is 1. The van der Waals surface area contributed by atoms with Gasteiger partial charge >= 0.3 is 5.97 Å². The van der Waals surface area contributed by atoms with Crippen LogP contribution in [0.3, 0.4) is 0 Å². The zero-order chi connectivity index (χ0) is 12.5. The second-order valence-corrected chi connectivity index (χ2v) is 4.45. The van der Waals surface area contributed by atoms with Gasteiger partial charge in [-0.05, 0) is 12.1 Å². The molecule has 0 atom stereocenters. The molecule has 1 rings (SSSR count). The first-order valence-corrected chi connectivity index (χ1v) is 6.49. The van der Waals surface area contributed by atoms with Gasteiger partial charge in [0.1, 0.15) is 5.76 Å². The van der Waals surface area contributed by atoms with E-state index in [1.54, 1.807) is 12.1 Å². The number of thioether (sulfide) groups is 1. The van der Waals surface area contributed by atoms with Gasteiger partial charge in [-0.3, -0.25) is 0 Å². The summed E-state index contributed by atoms with van der Waals surface area (Å²) in [5.41, 5.74) is 0. The Morgan fingerprint density at radius 2 is 2.47 bits per heavy atom. The first kappa shape index (κ1) is 13.9. The predicted molar refractivity (Wildman–Crippen MR) is 69.3 cm³/mol. The van der Waals surface area contributed by atoms with Crippen LogP contribution in [0.2, 0.25) is 0 Å². The molecule has 0 aromatic carbocycles. The van der Waals surface area contributed by atoms with Crippen LogP contribution in [-0.2, 0) is 11.3 Å². The minimum atomic E-state index is -0.446. The van der Waals surface area contributed by atoms with Gasteiger partial charge in [0.05, 0.1) is 13.7 Å². The standard InChI is InChI=1S/C12H17NO3S/c1-3-7-17-8-6-13-9-10-4-5-11(16-10)12(14)15-2/h3-5,13H,1,6-9H2,2H3. The third-order valence-electron chi connectivity index (χ3n) is 2.01. The van der Waals surface area contributed by atoms with Crippen molar-refractivity contribution in [3.8, 4) is 0 Å². The molecule has 0 aliphatic carbocycles. The van der Waals surface area contributed by atoms with Crippen LogP contribution < -0.4 is 5.32 Å². The van der Waals surface area contributed by atoms with Crippen LogP contribution in [0.1, 0.15) is 16.3 Å². The van der Waals surface area contributed by atoms with E-state index in [2.05, 4.69) is 16.6 Å². The lowest BCUT2D eigenvalue weighted by atomic mass is 10.4. The number of esters is 1. The van der Waals surface area contributed by atoms with Gasteiger partial charge in [-0.1, -0.05) is 6.08 Å². The molecule has 0 saturated carbocycles. The van der Waals surface area contributed by atoms with Crippen molar-refractivity contribution in [1.29, 1.82) is 0 Å². The minimum Gasteiger partial charge on any atom is -0.463 e. The quantitative estimate of drug-likeness (QED) is 0.438. The first-order chi connectivity index (χ1) is 8.27. The van der Waals surface area contributed by atoms with Crippen LogP contribution in [0.15, 0.2) is 29.2 Å². The average molecular weight is 255 g/mol. The molecule has 1 heterocycles. The monoisotopic (exact) mass is 255 g/mol. The van der Waals surface area contributed by atoms with Crippen molar-refractivity contribution in [3.63, 3.8) is 0 Å². The second-order valence-electron chi connectivity index (χ2n) is 3.30. The summed E-state index contributed by atoms with van der Waals surface area (Å²) in [5.74, 6) is 2.52. The largest absolute Gasteiger partial charge is 0.463 e. The van der Waals surface area contributed by atoms with Crippen molar-refractivity contribution in [2.75, 3.05) is 25.2 Å². The SMILES string of the molecule is C=CCSCCNCc1ccc(C(=O)OC)o1. The van der Waals surface area contributed by atoms with Crippen molar-refractivity contribution in [3.05, 3.63) is 36.3 Å². The molecule has 5 heteroatoms. The molecule has 0 bridgehead atoms. The van der Waals surface area contributed by atoms with E-state index in [0.717, 1.165) is 23.8 Å². The van der Waals surface area contributed by atoms with E-state index in [1.165, 1.54) is 7.11 Å². The van der Waals surface area contributed by atoms with E-state index >= 15 is 0 Å². The lowest BCUT2D eigenvalue weighted by Gasteiger charge is -2.01. The van der Waals surface area contributed by atoms with E-state index in [0.29, 0.717) is 6.54 Å². The van der Waals surface area contributed by atoms with Crippen molar-refractivity contribution in [2.45, 2.75) is 6.54 Å². The van der Waals surface area contributed by atoms with Gasteiger partial charge < -0.3 is 14.5 Å². The fraction of sp³-hybridized carbons (Fsp3) is 0.417. The molecule has 0 unspecified atom stereocenters. The highest BCUT2D eigenvalue weighted by Crippen LogP contribution is 2.08. The Kier molecular flexibility index (Phi) is 6.50. The molecule has 0 spiro atoms. The number of methoxy groups -OCH3 is 1. The summed E-state index contributed by atoms with van der Waals surface area (Å²) in [6.07, 6.45) is 1.89. The number of rotatable bonds is 8. The molecule has 1 N–H and O–H groups in total. The minimum absolute atomic E-state index is 0.241. The summed E-state index contributed by atoms with van der Waals surface area (Å²) in [5, 5.41) is 3.23. The summed E-state index contributed by atoms with van der Waals surface area (Å²) in [6.45, 7) is 5.17. The molecular weight excluding hydrogens is 238 g/mol. The number of hydrogen-bond acceptors (Lipinski definition) is 5. The molecule has 4 nitrogen and oxygen atoms in total. The van der Waals surface area contributed by atoms with E-state index < -0.39 is 5.97 Å². The Hall–Kier alpha value is -1.20. The lowest BCUT2D eigenvalue weighted by Crippen LogP contribution is -2.16. The fourth-order valence-corrected chi connectivity index (χ4v) is 1.83. The lowest BCUT2D eigenvalue weighted by molar-refractivity contribution is 0.0563. The van der Waals surface area contributed by atoms with Gasteiger partial charge in [0.2, 0.25) is 5.76 Å². The van der Waals surface area contributed by atoms with Gasteiger partial charge in [0, 0.05) is 18.1 Å². The molecule has 0 amide bonds. The molecule has 0 fully saturated rings. The van der Waals surface area contributed by atoms with E-state index in [1.807, 2.05) is 17.8 Å². The molecule has 17 heavy (non-hydrogen) atoms. The maximum Gasteiger partial charge on any atom is 0.373 e. The highest BCUT2D eigenvalue weighted by Gasteiger charge is 2.10. The zero-order valence-corrected chi connectivity index (χ0v) is 10.7. The van der Waals surface area contributed by atoms with Crippen LogP contribution in [0.25, 0.3) is 0 Å². The Morgan fingerprint density at radius 3 is 3.18 bits per heavy atom. The normalized spacial score (nSPS) is 10.2. The molecule has 0 saturated heterocycles. The number of ether oxygens (including phenoxy) is 1. The molecule has 1 aromatic rings. The first-order valence-electron chi connectivity index (χ1n) is 5.34. The third kappa shape index (κ3) is 5.10. The Balaban J connectivity index is 2.21. The zero-order valence-electron chi connectivity index (χ0n) is 9.90. The summed E-state index contributed by atoms with van der Waals surface area (Å²) < 4.78 is 9.86. The molecule has 0 aliphatic heterocycles. The Bertz CT molecular complexity index is 362. The van der Waals surface area contributed by atoms with Crippen LogP contribution in [0.5, 0.6) is 0 Å². The average Bonchev–Trinajstić information content (AvgIpc) is 2.81. The van der Waals surface area contributed by atoms with Crippen LogP contribution in [0.4, 0.5) is 0 Å². The predicted octanol–water partition coefficient (Wildman–Crippen LogP) is 2.08. The van der Waals surface area contributed by atoms with Gasteiger partial charge in [-0.15, -0.1) is 6.58 Å². The third-order valence-corrected chi connectivity index (χ3v) is 2.97. The maximum atomic E-state index is 11.1. The molecular formula is C12H17NO3S. The van der Waals surface area contributed by atoms with E-state index in [4.69, 9.17) is 4.42 Å². The number of hydrogen-bond donors (Lipinski definition) is 1.